The maximum absolute atomic E-state index is 12.5. The van der Waals surface area contributed by atoms with Crippen molar-refractivity contribution in [2.24, 2.45) is 0 Å². The van der Waals surface area contributed by atoms with Gasteiger partial charge in [-0.25, -0.2) is 13.1 Å². The Bertz CT molecular complexity index is 926. The summed E-state index contributed by atoms with van der Waals surface area (Å²) in [4.78, 5) is 12.3. The number of rotatable bonds is 9. The molecule has 2 rings (SSSR count). The average Bonchev–Trinajstić information content (AvgIpc) is 2.63. The van der Waals surface area contributed by atoms with Crippen LogP contribution >= 0.6 is 0 Å². The quantitative estimate of drug-likeness (QED) is 0.624. The van der Waals surface area contributed by atoms with E-state index < -0.39 is 15.9 Å². The first-order chi connectivity index (χ1) is 13.2. The van der Waals surface area contributed by atoms with Gasteiger partial charge < -0.3 is 14.8 Å². The number of benzene rings is 2. The molecule has 0 saturated carbocycles. The van der Waals surface area contributed by atoms with E-state index in [9.17, 15) is 13.2 Å². The Hall–Kier alpha value is -2.58. The van der Waals surface area contributed by atoms with Crippen LogP contribution in [0.25, 0.3) is 0 Å². The molecule has 0 aliphatic carbocycles. The van der Waals surface area contributed by atoms with E-state index in [1.165, 1.54) is 25.3 Å². The number of methoxy groups -OCH3 is 1. The molecule has 7 nitrogen and oxygen atoms in total. The van der Waals surface area contributed by atoms with Gasteiger partial charge in [0.05, 0.1) is 13.7 Å². The second-order valence-corrected chi connectivity index (χ2v) is 8.24. The van der Waals surface area contributed by atoms with Crippen LogP contribution in [-0.4, -0.2) is 40.6 Å². The molecule has 0 heterocycles. The van der Waals surface area contributed by atoms with E-state index in [2.05, 4.69) is 10.0 Å². The van der Waals surface area contributed by atoms with Gasteiger partial charge in [-0.05, 0) is 56.7 Å². The summed E-state index contributed by atoms with van der Waals surface area (Å²) < 4.78 is 38.2. The highest BCUT2D eigenvalue weighted by Crippen LogP contribution is 2.25. The average molecular weight is 407 g/mol. The number of nitrogens with one attached hydrogen (secondary N) is 2. The molecule has 8 heteroatoms. The van der Waals surface area contributed by atoms with Gasteiger partial charge in [0.1, 0.15) is 23.0 Å². The van der Waals surface area contributed by atoms with Crippen molar-refractivity contribution >= 4 is 15.9 Å². The van der Waals surface area contributed by atoms with Gasteiger partial charge in [-0.2, -0.15) is 0 Å². The lowest BCUT2D eigenvalue weighted by atomic mass is 10.2. The van der Waals surface area contributed by atoms with Gasteiger partial charge in [0.15, 0.2) is 0 Å². The van der Waals surface area contributed by atoms with Crippen LogP contribution < -0.4 is 19.5 Å². The minimum Gasteiger partial charge on any atom is -0.495 e. The van der Waals surface area contributed by atoms with Crippen molar-refractivity contribution in [3.05, 3.63) is 53.6 Å². The van der Waals surface area contributed by atoms with E-state index in [0.717, 1.165) is 11.3 Å². The lowest BCUT2D eigenvalue weighted by molar-refractivity contribution is 0.0946. The molecule has 0 atom stereocenters. The summed E-state index contributed by atoms with van der Waals surface area (Å²) >= 11 is 0. The Kier molecular flexibility index (Phi) is 7.42. The summed E-state index contributed by atoms with van der Waals surface area (Å²) in [5, 5.41) is 2.72. The summed E-state index contributed by atoms with van der Waals surface area (Å²) in [6.45, 7) is 5.98. The van der Waals surface area contributed by atoms with Crippen molar-refractivity contribution in [3.8, 4) is 11.5 Å². The van der Waals surface area contributed by atoms with E-state index >= 15 is 0 Å². The lowest BCUT2D eigenvalue weighted by Gasteiger charge is -2.14. The molecule has 2 aromatic carbocycles. The Balaban J connectivity index is 2.04. The number of aryl methyl sites for hydroxylation is 1. The SMILES string of the molecule is COc1ccc(C(=O)NCCOc2cccc(C)c2)cc1S(=O)(=O)NC(C)C. The van der Waals surface area contributed by atoms with Crippen LogP contribution in [-0.2, 0) is 10.0 Å². The van der Waals surface area contributed by atoms with Gasteiger partial charge in [0, 0.05) is 11.6 Å². The second-order valence-electron chi connectivity index (χ2n) is 6.56. The first kappa shape index (κ1) is 21.7. The lowest BCUT2D eigenvalue weighted by Crippen LogP contribution is -2.31. The Morgan fingerprint density at radius 1 is 1.14 bits per heavy atom. The van der Waals surface area contributed by atoms with Crippen LogP contribution in [0, 0.1) is 6.92 Å². The van der Waals surface area contributed by atoms with Crippen LogP contribution in [0.2, 0.25) is 0 Å². The first-order valence-electron chi connectivity index (χ1n) is 8.91. The highest BCUT2D eigenvalue weighted by Gasteiger charge is 2.22. The Morgan fingerprint density at radius 3 is 2.54 bits per heavy atom. The fraction of sp³-hybridized carbons (Fsp3) is 0.350. The molecule has 2 aromatic rings. The van der Waals surface area contributed by atoms with Gasteiger partial charge in [-0.1, -0.05) is 12.1 Å². The number of ether oxygens (including phenoxy) is 2. The second kappa shape index (κ2) is 9.57. The zero-order valence-electron chi connectivity index (χ0n) is 16.5. The molecule has 0 fully saturated rings. The molecular formula is C20H26N2O5S. The third kappa shape index (κ3) is 5.97. The third-order valence-electron chi connectivity index (χ3n) is 3.75. The third-order valence-corrected chi connectivity index (χ3v) is 5.43. The summed E-state index contributed by atoms with van der Waals surface area (Å²) in [6, 6.07) is 11.6. The molecule has 0 spiro atoms. The molecule has 0 bridgehead atoms. The predicted octanol–water partition coefficient (Wildman–Crippen LogP) is 2.50. The standard InChI is InChI=1S/C20H26N2O5S/c1-14(2)22-28(24,25)19-13-16(8-9-18(19)26-4)20(23)21-10-11-27-17-7-5-6-15(3)12-17/h5-9,12-14,22H,10-11H2,1-4H3,(H,21,23). The van der Waals surface area contributed by atoms with Crippen molar-refractivity contribution in [2.45, 2.75) is 31.7 Å². The highest BCUT2D eigenvalue weighted by molar-refractivity contribution is 7.89. The zero-order chi connectivity index (χ0) is 20.7. The zero-order valence-corrected chi connectivity index (χ0v) is 17.3. The minimum absolute atomic E-state index is 0.0765. The van der Waals surface area contributed by atoms with E-state index in [1.807, 2.05) is 31.2 Å². The maximum atomic E-state index is 12.5. The Morgan fingerprint density at radius 2 is 1.89 bits per heavy atom. The largest absolute Gasteiger partial charge is 0.495 e. The molecular weight excluding hydrogens is 380 g/mol. The number of hydrogen-bond acceptors (Lipinski definition) is 5. The van der Waals surface area contributed by atoms with Crippen LogP contribution in [0.5, 0.6) is 11.5 Å². The number of sulfonamides is 1. The van der Waals surface area contributed by atoms with Crippen molar-refractivity contribution < 1.29 is 22.7 Å². The van der Waals surface area contributed by atoms with Crippen molar-refractivity contribution in [1.82, 2.24) is 10.0 Å². The monoisotopic (exact) mass is 406 g/mol. The minimum atomic E-state index is -3.80. The Labute approximate surface area is 166 Å². The van der Waals surface area contributed by atoms with Gasteiger partial charge in [-0.3, -0.25) is 4.79 Å². The maximum Gasteiger partial charge on any atom is 0.251 e. The first-order valence-corrected chi connectivity index (χ1v) is 10.4. The van der Waals surface area contributed by atoms with Gasteiger partial charge in [-0.15, -0.1) is 0 Å². The topological polar surface area (TPSA) is 93.7 Å². The molecule has 1 amide bonds. The number of hydrogen-bond donors (Lipinski definition) is 2. The molecule has 0 radical (unpaired) electrons. The van der Waals surface area contributed by atoms with Gasteiger partial charge in [0.25, 0.3) is 5.91 Å². The van der Waals surface area contributed by atoms with Crippen LogP contribution in [0.1, 0.15) is 29.8 Å². The van der Waals surface area contributed by atoms with Crippen molar-refractivity contribution in [3.63, 3.8) is 0 Å². The molecule has 0 aliphatic rings. The fourth-order valence-corrected chi connectivity index (χ4v) is 3.99. The molecule has 0 unspecified atom stereocenters. The summed E-state index contributed by atoms with van der Waals surface area (Å²) in [6.07, 6.45) is 0. The summed E-state index contributed by atoms with van der Waals surface area (Å²) in [5.41, 5.74) is 1.31. The molecule has 2 N–H and O–H groups in total. The van der Waals surface area contributed by atoms with E-state index in [4.69, 9.17) is 9.47 Å². The van der Waals surface area contributed by atoms with E-state index in [-0.39, 0.29) is 28.8 Å². The number of amides is 1. The van der Waals surface area contributed by atoms with Crippen LogP contribution in [0.4, 0.5) is 0 Å². The predicted molar refractivity (Wildman–Crippen MR) is 107 cm³/mol. The summed E-state index contributed by atoms with van der Waals surface area (Å²) in [5.74, 6) is 0.510. The molecule has 152 valence electrons. The van der Waals surface area contributed by atoms with E-state index in [0.29, 0.717) is 6.61 Å². The normalized spacial score (nSPS) is 11.3. The van der Waals surface area contributed by atoms with Gasteiger partial charge in [0.2, 0.25) is 10.0 Å². The van der Waals surface area contributed by atoms with Crippen molar-refractivity contribution in [1.29, 1.82) is 0 Å². The van der Waals surface area contributed by atoms with Crippen LogP contribution in [0.3, 0.4) is 0 Å². The molecule has 28 heavy (non-hydrogen) atoms. The van der Waals surface area contributed by atoms with Crippen LogP contribution in [0.15, 0.2) is 47.4 Å². The van der Waals surface area contributed by atoms with Gasteiger partial charge >= 0.3 is 0 Å². The molecule has 0 aromatic heterocycles. The fourth-order valence-electron chi connectivity index (χ4n) is 2.54. The number of carbonyl (C=O) groups is 1. The summed E-state index contributed by atoms with van der Waals surface area (Å²) in [7, 11) is -2.42. The number of carbonyl (C=O) groups excluding carboxylic acids is 1. The van der Waals surface area contributed by atoms with E-state index in [1.54, 1.807) is 13.8 Å². The molecule has 0 aliphatic heterocycles. The highest BCUT2D eigenvalue weighted by atomic mass is 32.2. The molecule has 0 saturated heterocycles. The van der Waals surface area contributed by atoms with Crippen molar-refractivity contribution in [2.75, 3.05) is 20.3 Å². The smallest absolute Gasteiger partial charge is 0.251 e.